The Bertz CT molecular complexity index is 452. The second-order valence-electron chi connectivity index (χ2n) is 2.79. The zero-order valence-electron chi connectivity index (χ0n) is 7.57. The third-order valence-electron chi connectivity index (χ3n) is 1.74. The van der Waals surface area contributed by atoms with Crippen LogP contribution in [0.2, 0.25) is 0 Å². The average Bonchev–Trinajstić information content (AvgIpc) is 2.84. The van der Waals surface area contributed by atoms with Crippen LogP contribution < -0.4 is 5.32 Å². The number of thiazole rings is 1. The molecule has 0 aliphatic carbocycles. The fourth-order valence-electron chi connectivity index (χ4n) is 1.03. The first kappa shape index (κ1) is 10.8. The highest BCUT2D eigenvalue weighted by molar-refractivity contribution is 9.11. The molecule has 0 atom stereocenters. The van der Waals surface area contributed by atoms with E-state index in [1.54, 1.807) is 11.7 Å². The maximum absolute atomic E-state index is 11.6. The lowest BCUT2D eigenvalue weighted by Gasteiger charge is -2.00. The van der Waals surface area contributed by atoms with Crippen LogP contribution in [0.5, 0.6) is 0 Å². The maximum Gasteiger partial charge on any atom is 0.252 e. The Morgan fingerprint density at radius 2 is 2.40 bits per heavy atom. The normalized spacial score (nSPS) is 10.2. The van der Waals surface area contributed by atoms with Crippen LogP contribution in [0.3, 0.4) is 0 Å². The minimum Gasteiger partial charge on any atom is -0.347 e. The molecule has 0 aliphatic rings. The molecule has 15 heavy (non-hydrogen) atoms. The van der Waals surface area contributed by atoms with Crippen LogP contribution in [0.15, 0.2) is 26.9 Å². The zero-order valence-corrected chi connectivity index (χ0v) is 10.8. The number of thiophene rings is 1. The van der Waals surface area contributed by atoms with Crippen LogP contribution in [0.1, 0.15) is 15.2 Å². The molecule has 0 bridgehead atoms. The first-order valence-corrected chi connectivity index (χ1v) is 6.70. The van der Waals surface area contributed by atoms with Gasteiger partial charge in [0.15, 0.2) is 0 Å². The number of rotatable bonds is 3. The van der Waals surface area contributed by atoms with Gasteiger partial charge in [-0.3, -0.25) is 9.78 Å². The van der Waals surface area contributed by atoms with E-state index in [1.165, 1.54) is 22.7 Å². The summed E-state index contributed by atoms with van der Waals surface area (Å²) in [6.45, 7) is 0.539. The highest BCUT2D eigenvalue weighted by Crippen LogP contribution is 2.20. The number of hydrogen-bond donors (Lipinski definition) is 1. The highest BCUT2D eigenvalue weighted by Gasteiger charge is 2.07. The number of nitrogens with one attached hydrogen (secondary N) is 1. The van der Waals surface area contributed by atoms with Crippen molar-refractivity contribution >= 4 is 44.5 Å². The molecule has 2 aromatic heterocycles. The van der Waals surface area contributed by atoms with Crippen molar-refractivity contribution in [1.29, 1.82) is 0 Å². The molecule has 2 aromatic rings. The van der Waals surface area contributed by atoms with E-state index < -0.39 is 0 Å². The number of nitrogens with zero attached hydrogens (tertiary/aromatic N) is 1. The lowest BCUT2D eigenvalue weighted by Crippen LogP contribution is -2.21. The van der Waals surface area contributed by atoms with Gasteiger partial charge in [0.25, 0.3) is 5.91 Å². The first-order chi connectivity index (χ1) is 7.25. The van der Waals surface area contributed by atoms with Gasteiger partial charge in [0, 0.05) is 16.5 Å². The van der Waals surface area contributed by atoms with Gasteiger partial charge in [0.1, 0.15) is 0 Å². The van der Waals surface area contributed by atoms with Crippen molar-refractivity contribution in [2.75, 3.05) is 0 Å². The summed E-state index contributed by atoms with van der Waals surface area (Å²) in [5, 5.41) is 4.66. The third kappa shape index (κ3) is 2.87. The quantitative estimate of drug-likeness (QED) is 0.947. The third-order valence-corrected chi connectivity index (χ3v) is 4.02. The lowest BCUT2D eigenvalue weighted by atomic mass is 10.3. The summed E-state index contributed by atoms with van der Waals surface area (Å²) in [5.41, 5.74) is 2.44. The summed E-state index contributed by atoms with van der Waals surface area (Å²) in [7, 11) is 0. The second kappa shape index (κ2) is 4.87. The van der Waals surface area contributed by atoms with Gasteiger partial charge in [0.2, 0.25) is 0 Å². The summed E-state index contributed by atoms with van der Waals surface area (Å²) >= 11 is 6.36. The maximum atomic E-state index is 11.6. The van der Waals surface area contributed by atoms with Gasteiger partial charge in [-0.1, -0.05) is 0 Å². The Morgan fingerprint density at radius 3 is 3.00 bits per heavy atom. The molecule has 0 radical (unpaired) electrons. The summed E-state index contributed by atoms with van der Waals surface area (Å²) in [6.07, 6.45) is 1.76. The Morgan fingerprint density at radius 1 is 1.53 bits per heavy atom. The Labute approximate surface area is 103 Å². The minimum atomic E-state index is -0.0506. The molecule has 3 nitrogen and oxygen atoms in total. The van der Waals surface area contributed by atoms with E-state index in [0.717, 1.165) is 8.66 Å². The van der Waals surface area contributed by atoms with Gasteiger partial charge in [-0.05, 0) is 22.0 Å². The monoisotopic (exact) mass is 302 g/mol. The van der Waals surface area contributed by atoms with Gasteiger partial charge < -0.3 is 5.32 Å². The molecule has 1 amide bonds. The van der Waals surface area contributed by atoms with E-state index in [0.29, 0.717) is 12.1 Å². The molecular weight excluding hydrogens is 296 g/mol. The number of amides is 1. The van der Waals surface area contributed by atoms with Crippen molar-refractivity contribution in [1.82, 2.24) is 10.3 Å². The molecule has 0 fully saturated rings. The predicted molar refractivity (Wildman–Crippen MR) is 65.3 cm³/mol. The van der Waals surface area contributed by atoms with Crippen LogP contribution in [0.4, 0.5) is 0 Å². The number of aromatic nitrogens is 1. The van der Waals surface area contributed by atoms with Crippen LogP contribution in [0.25, 0.3) is 0 Å². The fourth-order valence-corrected chi connectivity index (χ4v) is 2.70. The van der Waals surface area contributed by atoms with E-state index in [4.69, 9.17) is 0 Å². The molecule has 78 valence electrons. The largest absolute Gasteiger partial charge is 0.347 e. The number of hydrogen-bond acceptors (Lipinski definition) is 4. The lowest BCUT2D eigenvalue weighted by molar-refractivity contribution is 0.0951. The predicted octanol–water partition coefficient (Wildman–Crippen LogP) is 2.90. The Kier molecular flexibility index (Phi) is 3.50. The van der Waals surface area contributed by atoms with Gasteiger partial charge in [-0.15, -0.1) is 22.7 Å². The van der Waals surface area contributed by atoms with Crippen molar-refractivity contribution in [3.63, 3.8) is 0 Å². The highest BCUT2D eigenvalue weighted by atomic mass is 79.9. The van der Waals surface area contributed by atoms with Crippen molar-refractivity contribution in [2.24, 2.45) is 0 Å². The minimum absolute atomic E-state index is 0.0506. The van der Waals surface area contributed by atoms with E-state index >= 15 is 0 Å². The SMILES string of the molecule is O=C(NCc1cncs1)c1csc(Br)c1. The van der Waals surface area contributed by atoms with Crippen LogP contribution in [-0.4, -0.2) is 10.9 Å². The van der Waals surface area contributed by atoms with Crippen molar-refractivity contribution in [3.05, 3.63) is 37.4 Å². The fraction of sp³-hybridized carbons (Fsp3) is 0.111. The molecule has 0 aromatic carbocycles. The molecule has 2 rings (SSSR count). The van der Waals surface area contributed by atoms with E-state index in [1.807, 2.05) is 11.4 Å². The van der Waals surface area contributed by atoms with Crippen LogP contribution in [-0.2, 0) is 6.54 Å². The van der Waals surface area contributed by atoms with Crippen LogP contribution in [0, 0.1) is 0 Å². The molecule has 0 spiro atoms. The van der Waals surface area contributed by atoms with E-state index in [9.17, 15) is 4.79 Å². The summed E-state index contributed by atoms with van der Waals surface area (Å²) < 4.78 is 0.963. The number of halogens is 1. The summed E-state index contributed by atoms with van der Waals surface area (Å²) in [4.78, 5) is 16.6. The average molecular weight is 303 g/mol. The van der Waals surface area contributed by atoms with Crippen molar-refractivity contribution in [3.8, 4) is 0 Å². The zero-order chi connectivity index (χ0) is 10.7. The van der Waals surface area contributed by atoms with E-state index in [2.05, 4.69) is 26.2 Å². The number of carbonyl (C=O) groups excluding carboxylic acids is 1. The molecular formula is C9H7BrN2OS2. The van der Waals surface area contributed by atoms with Gasteiger partial charge >= 0.3 is 0 Å². The summed E-state index contributed by atoms with van der Waals surface area (Å²) in [5.74, 6) is -0.0506. The molecule has 0 saturated heterocycles. The second-order valence-corrected chi connectivity index (χ2v) is 6.05. The van der Waals surface area contributed by atoms with E-state index in [-0.39, 0.29) is 5.91 Å². The molecule has 1 N–H and O–H groups in total. The van der Waals surface area contributed by atoms with Gasteiger partial charge in [-0.25, -0.2) is 0 Å². The Balaban J connectivity index is 1.93. The van der Waals surface area contributed by atoms with Crippen molar-refractivity contribution < 1.29 is 4.79 Å². The van der Waals surface area contributed by atoms with Gasteiger partial charge in [-0.2, -0.15) is 0 Å². The topological polar surface area (TPSA) is 42.0 Å². The van der Waals surface area contributed by atoms with Crippen molar-refractivity contribution in [2.45, 2.75) is 6.54 Å². The smallest absolute Gasteiger partial charge is 0.252 e. The molecule has 2 heterocycles. The standard InChI is InChI=1S/C9H7BrN2OS2/c10-8-1-6(4-14-8)9(13)12-3-7-2-11-5-15-7/h1-2,4-5H,3H2,(H,12,13). The van der Waals surface area contributed by atoms with Crippen LogP contribution >= 0.6 is 38.6 Å². The molecule has 6 heteroatoms. The Hall–Kier alpha value is -0.720. The molecule has 0 unspecified atom stereocenters. The molecule has 0 aliphatic heterocycles. The van der Waals surface area contributed by atoms with Gasteiger partial charge in [0.05, 0.1) is 21.4 Å². The first-order valence-electron chi connectivity index (χ1n) is 4.15. The summed E-state index contributed by atoms with van der Waals surface area (Å²) in [6, 6.07) is 1.81. The molecule has 0 saturated carbocycles. The number of carbonyl (C=O) groups is 1.